The predicted molar refractivity (Wildman–Crippen MR) is 93.8 cm³/mol. The van der Waals surface area contributed by atoms with Crippen LogP contribution in [0.5, 0.6) is 0 Å². The second-order valence-electron chi connectivity index (χ2n) is 5.72. The zero-order valence-corrected chi connectivity index (χ0v) is 15.8. The van der Waals surface area contributed by atoms with Crippen molar-refractivity contribution in [3.63, 3.8) is 0 Å². The quantitative estimate of drug-likeness (QED) is 0.631. The molecule has 0 aliphatic carbocycles. The van der Waals surface area contributed by atoms with E-state index in [1.54, 1.807) is 17.0 Å². The van der Waals surface area contributed by atoms with Gasteiger partial charge in [0, 0.05) is 22.9 Å². The third-order valence-corrected chi connectivity index (χ3v) is 4.74. The van der Waals surface area contributed by atoms with Crippen molar-refractivity contribution in [2.45, 2.75) is 26.1 Å². The van der Waals surface area contributed by atoms with E-state index in [1.165, 1.54) is 0 Å². The predicted octanol–water partition coefficient (Wildman–Crippen LogP) is 3.57. The average molecular weight is 445 g/mol. The van der Waals surface area contributed by atoms with Gasteiger partial charge in [0.05, 0.1) is 16.7 Å². The van der Waals surface area contributed by atoms with Crippen LogP contribution in [0.2, 0.25) is 0 Å². The average Bonchev–Trinajstić information content (AvgIpc) is 2.46. The Morgan fingerprint density at radius 1 is 1.17 bits per heavy atom. The van der Waals surface area contributed by atoms with E-state index in [0.29, 0.717) is 28.5 Å². The van der Waals surface area contributed by atoms with E-state index in [-0.39, 0.29) is 23.7 Å². The first kappa shape index (κ1) is 16.7. The minimum Gasteiger partial charge on any atom is -0.421 e. The first-order valence-electron chi connectivity index (χ1n) is 7.23. The number of fused-ring (bicyclic) bond motifs is 1. The van der Waals surface area contributed by atoms with Crippen LogP contribution >= 0.6 is 31.9 Å². The van der Waals surface area contributed by atoms with Crippen LogP contribution < -0.4 is 5.63 Å². The van der Waals surface area contributed by atoms with Gasteiger partial charge in [-0.1, -0.05) is 15.9 Å². The third-order valence-electron chi connectivity index (χ3n) is 3.69. The molecule has 0 unspecified atom stereocenters. The molecular formula is C16H15Br2NO4. The van der Waals surface area contributed by atoms with Gasteiger partial charge in [0.15, 0.2) is 5.58 Å². The van der Waals surface area contributed by atoms with E-state index in [9.17, 15) is 9.59 Å². The maximum atomic E-state index is 12.7. The molecule has 23 heavy (non-hydrogen) atoms. The largest absolute Gasteiger partial charge is 0.421 e. The lowest BCUT2D eigenvalue weighted by atomic mass is 10.1. The molecule has 1 aliphatic rings. The summed E-state index contributed by atoms with van der Waals surface area (Å²) in [6.07, 6.45) is -0.114. The van der Waals surface area contributed by atoms with Crippen LogP contribution in [-0.4, -0.2) is 36.1 Å². The first-order valence-corrected chi connectivity index (χ1v) is 8.81. The van der Waals surface area contributed by atoms with Gasteiger partial charge in [-0.3, -0.25) is 4.79 Å². The number of nitrogens with zero attached hydrogens (tertiary/aromatic N) is 1. The summed E-state index contributed by atoms with van der Waals surface area (Å²) in [6.45, 7) is 4.74. The molecular weight excluding hydrogens is 430 g/mol. The second-order valence-corrected chi connectivity index (χ2v) is 7.49. The zero-order chi connectivity index (χ0) is 16.7. The van der Waals surface area contributed by atoms with Gasteiger partial charge in [0.1, 0.15) is 5.56 Å². The highest BCUT2D eigenvalue weighted by atomic mass is 79.9. The fourth-order valence-electron chi connectivity index (χ4n) is 2.82. The fraction of sp³-hybridized carbons (Fsp3) is 0.375. The van der Waals surface area contributed by atoms with E-state index in [4.69, 9.17) is 9.15 Å². The Labute approximate surface area is 149 Å². The van der Waals surface area contributed by atoms with Crippen molar-refractivity contribution >= 4 is 48.7 Å². The van der Waals surface area contributed by atoms with Gasteiger partial charge >= 0.3 is 5.63 Å². The van der Waals surface area contributed by atoms with Crippen molar-refractivity contribution < 1.29 is 13.9 Å². The Hall–Kier alpha value is -1.18. The molecule has 1 aromatic heterocycles. The van der Waals surface area contributed by atoms with Crippen molar-refractivity contribution in [3.8, 4) is 0 Å². The summed E-state index contributed by atoms with van der Waals surface area (Å²) in [5.41, 5.74) is -0.153. The molecule has 0 radical (unpaired) electrons. The van der Waals surface area contributed by atoms with Crippen LogP contribution in [0.15, 0.2) is 36.4 Å². The van der Waals surface area contributed by atoms with Gasteiger partial charge in [-0.15, -0.1) is 0 Å². The van der Waals surface area contributed by atoms with Gasteiger partial charge in [-0.05, 0) is 48.0 Å². The summed E-state index contributed by atoms with van der Waals surface area (Å²) < 4.78 is 12.5. The summed E-state index contributed by atoms with van der Waals surface area (Å²) in [5.74, 6) is -0.321. The molecule has 1 aromatic carbocycles. The molecule has 122 valence electrons. The summed E-state index contributed by atoms with van der Waals surface area (Å²) in [4.78, 5) is 26.6. The van der Waals surface area contributed by atoms with Gasteiger partial charge in [0.25, 0.3) is 5.91 Å². The Morgan fingerprint density at radius 2 is 1.83 bits per heavy atom. The summed E-state index contributed by atoms with van der Waals surface area (Å²) in [6, 6.07) is 5.19. The van der Waals surface area contributed by atoms with Crippen LogP contribution in [-0.2, 0) is 4.74 Å². The normalized spacial score (nSPS) is 21.7. The number of carbonyl (C=O) groups excluding carboxylic acids is 1. The minimum atomic E-state index is -0.627. The van der Waals surface area contributed by atoms with E-state index >= 15 is 0 Å². The first-order chi connectivity index (χ1) is 10.8. The Bertz CT molecular complexity index is 823. The van der Waals surface area contributed by atoms with E-state index < -0.39 is 5.63 Å². The number of ether oxygens (including phenoxy) is 1. The lowest BCUT2D eigenvalue weighted by Gasteiger charge is -2.35. The van der Waals surface area contributed by atoms with Crippen molar-refractivity contribution in [1.29, 1.82) is 0 Å². The molecule has 0 saturated carbocycles. The monoisotopic (exact) mass is 443 g/mol. The second kappa shape index (κ2) is 6.37. The zero-order valence-electron chi connectivity index (χ0n) is 12.6. The molecule has 7 heteroatoms. The third kappa shape index (κ3) is 3.36. The molecule has 1 fully saturated rings. The van der Waals surface area contributed by atoms with Gasteiger partial charge in [-0.2, -0.15) is 0 Å². The van der Waals surface area contributed by atoms with Gasteiger partial charge < -0.3 is 14.1 Å². The standard InChI is InChI=1S/C16H15Br2NO4/c1-8-6-19(7-9(2)22-8)15(20)12-4-10-3-11(17)5-13(18)14(10)23-16(12)21/h3-5,8-9H,6-7H2,1-2H3/t8-,9-/m1/s1. The lowest BCUT2D eigenvalue weighted by molar-refractivity contribution is -0.0587. The number of hydrogen-bond donors (Lipinski definition) is 0. The minimum absolute atomic E-state index is 0.0452. The summed E-state index contributed by atoms with van der Waals surface area (Å²) in [5, 5.41) is 0.684. The van der Waals surface area contributed by atoms with E-state index in [1.807, 2.05) is 19.9 Å². The van der Waals surface area contributed by atoms with Crippen LogP contribution in [0.4, 0.5) is 0 Å². The van der Waals surface area contributed by atoms with Gasteiger partial charge in [-0.25, -0.2) is 4.79 Å². The van der Waals surface area contributed by atoms with E-state index in [2.05, 4.69) is 31.9 Å². The van der Waals surface area contributed by atoms with E-state index in [0.717, 1.165) is 4.47 Å². The number of rotatable bonds is 1. The Morgan fingerprint density at radius 3 is 2.48 bits per heavy atom. The Balaban J connectivity index is 2.04. The number of hydrogen-bond acceptors (Lipinski definition) is 4. The molecule has 2 atom stereocenters. The number of amides is 1. The molecule has 3 rings (SSSR count). The van der Waals surface area contributed by atoms with Crippen LogP contribution in [0.1, 0.15) is 24.2 Å². The number of morpholine rings is 1. The maximum absolute atomic E-state index is 12.7. The summed E-state index contributed by atoms with van der Waals surface area (Å²) >= 11 is 6.76. The fourth-order valence-corrected chi connectivity index (χ4v) is 4.16. The van der Waals surface area contributed by atoms with Crippen molar-refractivity contribution in [2.24, 2.45) is 0 Å². The highest BCUT2D eigenvalue weighted by molar-refractivity contribution is 9.11. The Kier molecular flexibility index (Phi) is 4.62. The van der Waals surface area contributed by atoms with Crippen molar-refractivity contribution in [2.75, 3.05) is 13.1 Å². The highest BCUT2D eigenvalue weighted by Crippen LogP contribution is 2.28. The number of benzene rings is 1. The summed E-state index contributed by atoms with van der Waals surface area (Å²) in [7, 11) is 0. The molecule has 5 nitrogen and oxygen atoms in total. The highest BCUT2D eigenvalue weighted by Gasteiger charge is 2.28. The topological polar surface area (TPSA) is 59.8 Å². The SMILES string of the molecule is C[C@@H]1CN(C(=O)c2cc3cc(Br)cc(Br)c3oc2=O)C[C@@H](C)O1. The number of halogens is 2. The molecule has 0 spiro atoms. The number of carbonyl (C=O) groups is 1. The van der Waals surface area contributed by atoms with Crippen molar-refractivity contribution in [3.05, 3.63) is 43.1 Å². The smallest absolute Gasteiger partial charge is 0.349 e. The molecule has 2 heterocycles. The maximum Gasteiger partial charge on any atom is 0.349 e. The molecule has 1 amide bonds. The molecule has 0 bridgehead atoms. The molecule has 0 N–H and O–H groups in total. The van der Waals surface area contributed by atoms with Crippen LogP contribution in [0, 0.1) is 0 Å². The lowest BCUT2D eigenvalue weighted by Crippen LogP contribution is -2.49. The molecule has 1 saturated heterocycles. The van der Waals surface area contributed by atoms with Crippen LogP contribution in [0.25, 0.3) is 11.0 Å². The molecule has 1 aliphatic heterocycles. The van der Waals surface area contributed by atoms with Gasteiger partial charge in [0.2, 0.25) is 0 Å². The van der Waals surface area contributed by atoms with Crippen molar-refractivity contribution in [1.82, 2.24) is 4.90 Å². The van der Waals surface area contributed by atoms with Crippen LogP contribution in [0.3, 0.4) is 0 Å². The molecule has 2 aromatic rings.